The lowest BCUT2D eigenvalue weighted by Gasteiger charge is -2.16. The van der Waals surface area contributed by atoms with Gasteiger partial charge in [-0.2, -0.15) is 0 Å². The second-order valence-corrected chi connectivity index (χ2v) is 5.02. The SMILES string of the molecule is NC1CC(=O)N(c2ccc3cc(C(=O)O)ccc3c2)C1. The summed E-state index contributed by atoms with van der Waals surface area (Å²) < 4.78 is 0. The Hall–Kier alpha value is -2.40. The van der Waals surface area contributed by atoms with Crippen LogP contribution in [0, 0.1) is 0 Å². The highest BCUT2D eigenvalue weighted by molar-refractivity contribution is 6.00. The normalized spacial score (nSPS) is 18.8. The minimum atomic E-state index is -0.948. The summed E-state index contributed by atoms with van der Waals surface area (Å²) in [6, 6.07) is 10.4. The van der Waals surface area contributed by atoms with Crippen LogP contribution in [0.3, 0.4) is 0 Å². The molecule has 1 heterocycles. The fraction of sp³-hybridized carbons (Fsp3) is 0.200. The van der Waals surface area contributed by atoms with E-state index in [4.69, 9.17) is 10.8 Å². The lowest BCUT2D eigenvalue weighted by Crippen LogP contribution is -2.27. The van der Waals surface area contributed by atoms with E-state index in [9.17, 15) is 9.59 Å². The molecular formula is C15H14N2O3. The molecular weight excluding hydrogens is 256 g/mol. The predicted octanol–water partition coefficient (Wildman–Crippen LogP) is 1.60. The molecule has 1 unspecified atom stereocenters. The summed E-state index contributed by atoms with van der Waals surface area (Å²) in [6.45, 7) is 0.525. The van der Waals surface area contributed by atoms with Gasteiger partial charge in [-0.05, 0) is 35.0 Å². The molecule has 1 saturated heterocycles. The molecule has 1 aliphatic rings. The first-order chi connectivity index (χ1) is 9.54. The molecule has 3 N–H and O–H groups in total. The summed E-state index contributed by atoms with van der Waals surface area (Å²) in [4.78, 5) is 24.4. The number of benzene rings is 2. The van der Waals surface area contributed by atoms with Crippen LogP contribution in [0.1, 0.15) is 16.8 Å². The first-order valence-corrected chi connectivity index (χ1v) is 6.37. The van der Waals surface area contributed by atoms with Gasteiger partial charge in [0.1, 0.15) is 0 Å². The molecule has 5 nitrogen and oxygen atoms in total. The number of aromatic carboxylic acids is 1. The molecule has 3 rings (SSSR count). The number of anilines is 1. The van der Waals surface area contributed by atoms with E-state index in [1.54, 1.807) is 23.1 Å². The van der Waals surface area contributed by atoms with E-state index < -0.39 is 5.97 Å². The molecule has 0 aliphatic carbocycles. The van der Waals surface area contributed by atoms with Crippen molar-refractivity contribution >= 4 is 28.3 Å². The van der Waals surface area contributed by atoms with Gasteiger partial charge in [0.2, 0.25) is 5.91 Å². The molecule has 1 atom stereocenters. The number of hydrogen-bond donors (Lipinski definition) is 2. The average molecular weight is 270 g/mol. The van der Waals surface area contributed by atoms with Crippen molar-refractivity contribution in [3.05, 3.63) is 42.0 Å². The average Bonchev–Trinajstić information content (AvgIpc) is 2.76. The number of rotatable bonds is 2. The molecule has 102 valence electrons. The number of carboxylic acids is 1. The Bertz CT molecular complexity index is 711. The Balaban J connectivity index is 2.01. The van der Waals surface area contributed by atoms with Crippen LogP contribution in [0.2, 0.25) is 0 Å². The van der Waals surface area contributed by atoms with Gasteiger partial charge in [0, 0.05) is 24.7 Å². The number of carboxylic acid groups (broad SMARTS) is 1. The molecule has 0 saturated carbocycles. The van der Waals surface area contributed by atoms with Crippen molar-refractivity contribution in [1.82, 2.24) is 0 Å². The Kier molecular flexibility index (Phi) is 2.91. The van der Waals surface area contributed by atoms with Crippen molar-refractivity contribution in [1.29, 1.82) is 0 Å². The molecule has 2 aromatic rings. The first kappa shape index (κ1) is 12.6. The zero-order valence-electron chi connectivity index (χ0n) is 10.7. The topological polar surface area (TPSA) is 83.6 Å². The Morgan fingerprint density at radius 1 is 1.20 bits per heavy atom. The summed E-state index contributed by atoms with van der Waals surface area (Å²) in [5.74, 6) is -0.921. The maximum Gasteiger partial charge on any atom is 0.335 e. The van der Waals surface area contributed by atoms with Gasteiger partial charge in [0.05, 0.1) is 5.56 Å². The zero-order valence-corrected chi connectivity index (χ0v) is 10.7. The first-order valence-electron chi connectivity index (χ1n) is 6.37. The predicted molar refractivity (Wildman–Crippen MR) is 75.9 cm³/mol. The Morgan fingerprint density at radius 3 is 2.55 bits per heavy atom. The highest BCUT2D eigenvalue weighted by atomic mass is 16.4. The van der Waals surface area contributed by atoms with Gasteiger partial charge in [-0.25, -0.2) is 4.79 Å². The number of nitrogens with zero attached hydrogens (tertiary/aromatic N) is 1. The van der Waals surface area contributed by atoms with Gasteiger partial charge in [-0.15, -0.1) is 0 Å². The van der Waals surface area contributed by atoms with Crippen LogP contribution in [0.5, 0.6) is 0 Å². The second-order valence-electron chi connectivity index (χ2n) is 5.02. The van der Waals surface area contributed by atoms with Crippen LogP contribution in [0.4, 0.5) is 5.69 Å². The number of nitrogens with two attached hydrogens (primary N) is 1. The summed E-state index contributed by atoms with van der Waals surface area (Å²) >= 11 is 0. The largest absolute Gasteiger partial charge is 0.478 e. The van der Waals surface area contributed by atoms with Crippen LogP contribution in [-0.2, 0) is 4.79 Å². The molecule has 20 heavy (non-hydrogen) atoms. The zero-order chi connectivity index (χ0) is 14.3. The van der Waals surface area contributed by atoms with E-state index in [2.05, 4.69) is 0 Å². The van der Waals surface area contributed by atoms with Gasteiger partial charge in [0.15, 0.2) is 0 Å². The van der Waals surface area contributed by atoms with E-state index in [0.717, 1.165) is 16.5 Å². The highest BCUT2D eigenvalue weighted by Crippen LogP contribution is 2.26. The van der Waals surface area contributed by atoms with E-state index in [0.29, 0.717) is 13.0 Å². The quantitative estimate of drug-likeness (QED) is 0.868. The fourth-order valence-corrected chi connectivity index (χ4v) is 2.52. The lowest BCUT2D eigenvalue weighted by atomic mass is 10.1. The molecule has 0 spiro atoms. The minimum Gasteiger partial charge on any atom is -0.478 e. The number of carbonyl (C=O) groups excluding carboxylic acids is 1. The second kappa shape index (κ2) is 4.61. The molecule has 2 aromatic carbocycles. The summed E-state index contributed by atoms with van der Waals surface area (Å²) in [6.07, 6.45) is 0.371. The number of carbonyl (C=O) groups is 2. The number of hydrogen-bond acceptors (Lipinski definition) is 3. The summed E-state index contributed by atoms with van der Waals surface area (Å²) in [7, 11) is 0. The highest BCUT2D eigenvalue weighted by Gasteiger charge is 2.27. The third-order valence-electron chi connectivity index (χ3n) is 3.54. The van der Waals surface area contributed by atoms with E-state index in [1.165, 1.54) is 0 Å². The summed E-state index contributed by atoms with van der Waals surface area (Å²) in [5.41, 5.74) is 6.85. The van der Waals surface area contributed by atoms with Crippen molar-refractivity contribution in [2.24, 2.45) is 5.73 Å². The van der Waals surface area contributed by atoms with Crippen molar-refractivity contribution in [3.63, 3.8) is 0 Å². The van der Waals surface area contributed by atoms with Crippen LogP contribution < -0.4 is 10.6 Å². The Morgan fingerprint density at radius 2 is 1.90 bits per heavy atom. The van der Waals surface area contributed by atoms with Crippen molar-refractivity contribution in [3.8, 4) is 0 Å². The van der Waals surface area contributed by atoms with Crippen LogP contribution in [-0.4, -0.2) is 29.6 Å². The molecule has 1 fully saturated rings. The van der Waals surface area contributed by atoms with Gasteiger partial charge >= 0.3 is 5.97 Å². The van der Waals surface area contributed by atoms with Gasteiger partial charge in [0.25, 0.3) is 0 Å². The maximum atomic E-state index is 11.8. The van der Waals surface area contributed by atoms with Crippen LogP contribution in [0.15, 0.2) is 36.4 Å². The molecule has 0 radical (unpaired) electrons. The minimum absolute atomic E-state index is 0.0269. The molecule has 0 bridgehead atoms. The molecule has 1 amide bonds. The van der Waals surface area contributed by atoms with Crippen LogP contribution >= 0.6 is 0 Å². The van der Waals surface area contributed by atoms with Crippen LogP contribution in [0.25, 0.3) is 10.8 Å². The fourth-order valence-electron chi connectivity index (χ4n) is 2.52. The monoisotopic (exact) mass is 270 g/mol. The van der Waals surface area contributed by atoms with E-state index in [-0.39, 0.29) is 17.5 Å². The lowest BCUT2D eigenvalue weighted by molar-refractivity contribution is -0.117. The van der Waals surface area contributed by atoms with Crippen molar-refractivity contribution in [2.75, 3.05) is 11.4 Å². The smallest absolute Gasteiger partial charge is 0.335 e. The van der Waals surface area contributed by atoms with Crippen molar-refractivity contribution < 1.29 is 14.7 Å². The Labute approximate surface area is 115 Å². The third kappa shape index (κ3) is 2.12. The summed E-state index contributed by atoms with van der Waals surface area (Å²) in [5, 5.41) is 10.7. The van der Waals surface area contributed by atoms with Gasteiger partial charge in [-0.1, -0.05) is 12.1 Å². The van der Waals surface area contributed by atoms with E-state index in [1.807, 2.05) is 18.2 Å². The van der Waals surface area contributed by atoms with E-state index >= 15 is 0 Å². The molecule has 1 aliphatic heterocycles. The van der Waals surface area contributed by atoms with Gasteiger partial charge < -0.3 is 15.7 Å². The molecule has 5 heteroatoms. The maximum absolute atomic E-state index is 11.8. The van der Waals surface area contributed by atoms with Crippen molar-refractivity contribution in [2.45, 2.75) is 12.5 Å². The van der Waals surface area contributed by atoms with Gasteiger partial charge in [-0.3, -0.25) is 4.79 Å². The number of fused-ring (bicyclic) bond motifs is 1. The third-order valence-corrected chi connectivity index (χ3v) is 3.54. The standard InChI is InChI=1S/C15H14N2O3/c16-12-7-14(18)17(8-12)13-4-3-9-5-11(15(19)20)2-1-10(9)6-13/h1-6,12H,7-8,16H2,(H,19,20). The molecule has 0 aromatic heterocycles. The number of amides is 1.